The largest absolute Gasteiger partial charge is 0.507 e. The normalized spacial score (nSPS) is 10.3. The van der Waals surface area contributed by atoms with Gasteiger partial charge in [-0.15, -0.1) is 22.7 Å². The Kier molecular flexibility index (Phi) is 55.0. The molecule has 5 atom stereocenters. The monoisotopic (exact) mass is 2220 g/mol. The minimum absolute atomic E-state index is 0. The number of fused-ring (bicyclic) bond motifs is 2. The Morgan fingerprint density at radius 3 is 0.885 bits per heavy atom. The van der Waals surface area contributed by atoms with Gasteiger partial charge in [0.1, 0.15) is 17.2 Å². The Hall–Kier alpha value is -13.8. The van der Waals surface area contributed by atoms with Gasteiger partial charge in [-0.05, 0) is 158 Å². The second-order valence-electron chi connectivity index (χ2n) is 32.0. The summed E-state index contributed by atoms with van der Waals surface area (Å²) >= 11 is 7.02. The summed E-state index contributed by atoms with van der Waals surface area (Å²) in [6, 6.07) is 160. The summed E-state index contributed by atoms with van der Waals surface area (Å²) in [5, 5.41) is 41.0. The molecule has 3 unspecified atom stereocenters. The van der Waals surface area contributed by atoms with E-state index in [1.165, 1.54) is 88.7 Å². The number of halogens is 1. The summed E-state index contributed by atoms with van der Waals surface area (Å²) in [7, 11) is -1.88. The molecule has 0 radical (unpaired) electrons. The summed E-state index contributed by atoms with van der Waals surface area (Å²) in [6.45, 7) is 5.41. The van der Waals surface area contributed by atoms with E-state index in [2.05, 4.69) is 386 Å². The Morgan fingerprint density at radius 2 is 0.615 bits per heavy atom. The molecule has 0 spiro atoms. The fraction of sp³-hybridized carbons (Fsp3) is 0.0894. The van der Waals surface area contributed by atoms with Gasteiger partial charge in [0.05, 0.1) is 30.7 Å². The minimum atomic E-state index is -1.43. The standard InChI is InChI=1S/C24H23N7S.C21H20BrN5S.C18H15P.4C12H10.C6H5.C3H5BN2O2.3CH4.3H3P.Pd/c1-15-20(19-9-12-28-31-19)21-22(32-15)24(30-23(29-21)17-7-10-26-11-8-17)27-14-18(25)13-16-5-3-2-4-6-16;1-13-17(22)18-19(28-13)21(27-20(26-18)15-7-9-24-10-8-15)25-12-16(23)11-14-5-3-2-4-6-14;1-4-10-16(11-5-1)19(17-12-6-2-7-13-17)18-14-8-3-9-15-18;4*1-3-7-11(8-4-1)12-9-5-2-6-10-12;1-2-4-6-5-3-1;7-4(8)3-1-2-5-6-3;;;;;;;/h2-12,18H,13-14,25H2,1H3,(H,28,31)(H,27,29,30);2-10,16H,11-12,23H2,1H3,(H,25,26,27);1-15H;4*1-10H;1-5H;1-2,7-8H,(H,5,6);3*1H4;3*1H3;/q;;;;;;;-1;;;;;;;;/t18-;16-;;;;;;;;;;;;;;/m00............../s1. The van der Waals surface area contributed by atoms with E-state index in [-0.39, 0.29) is 84.5 Å². The van der Waals surface area contributed by atoms with Gasteiger partial charge in [-0.25, -0.2) is 19.9 Å². The van der Waals surface area contributed by atoms with Crippen LogP contribution >= 0.6 is 76.2 Å². The van der Waals surface area contributed by atoms with Crippen LogP contribution in [0.25, 0.3) is 99.0 Å². The van der Waals surface area contributed by atoms with E-state index in [0.717, 1.165) is 76.6 Å². The first-order valence-corrected chi connectivity index (χ1v) is 50.0. The van der Waals surface area contributed by atoms with Crippen molar-refractivity contribution in [1.29, 1.82) is 0 Å². The first-order valence-electron chi connectivity index (χ1n) is 46.2. The maximum absolute atomic E-state index is 8.40. The molecule has 0 saturated carbocycles. The molecule has 0 aliphatic rings. The van der Waals surface area contributed by atoms with Gasteiger partial charge >= 0.3 is 7.12 Å². The Labute approximate surface area is 914 Å². The number of hydrogen-bond donors (Lipinski definition) is 8. The van der Waals surface area contributed by atoms with Crippen molar-refractivity contribution in [3.05, 3.63) is 530 Å². The van der Waals surface area contributed by atoms with E-state index >= 15 is 0 Å². The number of aryl methyl sites for hydroxylation is 2. The Balaban J connectivity index is 0.000000234. The third-order valence-corrected chi connectivity index (χ3v) is 27.6. The number of rotatable bonds is 21. The molecular formula is C123H129BBrN14O2P4PdS2-. The fourth-order valence-corrected chi connectivity index (χ4v) is 19.8. The zero-order valence-corrected chi connectivity index (χ0v) is 90.5. The third kappa shape index (κ3) is 38.2. The molecule has 0 aliphatic heterocycles. The molecule has 0 saturated heterocycles. The van der Waals surface area contributed by atoms with Crippen LogP contribution in [0.3, 0.4) is 0 Å². The molecule has 25 heteroatoms. The number of nitrogens with one attached hydrogen (secondary N) is 4. The summed E-state index contributed by atoms with van der Waals surface area (Å²) in [4.78, 5) is 29.9. The second kappa shape index (κ2) is 67.2. The van der Waals surface area contributed by atoms with Crippen molar-refractivity contribution in [3.8, 4) is 78.5 Å². The average Bonchev–Trinajstić information content (AvgIpc) is 1.61. The van der Waals surface area contributed by atoms with E-state index in [1.807, 2.05) is 146 Å². The number of aromatic amines is 2. The van der Waals surface area contributed by atoms with Gasteiger partial charge in [0, 0.05) is 109 Å². The zero-order valence-electron chi connectivity index (χ0n) is 80.6. The number of nitrogens with two attached hydrogens (primary N) is 2. The molecule has 756 valence electrons. The van der Waals surface area contributed by atoms with Gasteiger partial charge in [0.2, 0.25) is 0 Å². The van der Waals surface area contributed by atoms with Crippen molar-refractivity contribution in [2.75, 3.05) is 23.7 Å². The van der Waals surface area contributed by atoms with Crippen molar-refractivity contribution >= 4 is 137 Å². The van der Waals surface area contributed by atoms with Gasteiger partial charge in [0.15, 0.2) is 11.6 Å². The topological polar surface area (TPSA) is 251 Å². The summed E-state index contributed by atoms with van der Waals surface area (Å²) < 4.78 is 3.06. The molecule has 22 aromatic rings. The van der Waals surface area contributed by atoms with Crippen molar-refractivity contribution < 1.29 is 30.5 Å². The van der Waals surface area contributed by atoms with Crippen LogP contribution in [0, 0.1) is 19.9 Å². The van der Waals surface area contributed by atoms with Crippen LogP contribution in [0.5, 0.6) is 0 Å². The van der Waals surface area contributed by atoms with Gasteiger partial charge in [-0.3, -0.25) is 20.2 Å². The van der Waals surface area contributed by atoms with Crippen LogP contribution in [0.15, 0.2) is 503 Å². The van der Waals surface area contributed by atoms with Gasteiger partial charge in [0.25, 0.3) is 0 Å². The van der Waals surface area contributed by atoms with E-state index in [4.69, 9.17) is 41.5 Å². The number of benzene rings is 14. The average molecular weight is 2220 g/mol. The molecule has 0 amide bonds. The van der Waals surface area contributed by atoms with E-state index < -0.39 is 15.0 Å². The van der Waals surface area contributed by atoms with Crippen molar-refractivity contribution in [1.82, 2.24) is 50.3 Å². The molecule has 0 bridgehead atoms. The third-order valence-electron chi connectivity index (χ3n) is 21.7. The van der Waals surface area contributed by atoms with Crippen molar-refractivity contribution in [2.45, 2.75) is 61.1 Å². The van der Waals surface area contributed by atoms with E-state index in [1.54, 1.807) is 53.7 Å². The van der Waals surface area contributed by atoms with Crippen LogP contribution < -0.4 is 43.6 Å². The molecule has 8 heterocycles. The fourth-order valence-electron chi connectivity index (χ4n) is 14.8. The van der Waals surface area contributed by atoms with Gasteiger partial charge < -0.3 is 32.1 Å². The van der Waals surface area contributed by atoms with Crippen LogP contribution in [0.4, 0.5) is 11.6 Å². The Morgan fingerprint density at radius 1 is 0.338 bits per heavy atom. The van der Waals surface area contributed by atoms with Crippen LogP contribution in [-0.4, -0.2) is 92.6 Å². The number of H-pyrrole nitrogens is 2. The minimum Gasteiger partial charge on any atom is -0.422 e. The number of aromatic nitrogens is 10. The summed E-state index contributed by atoms with van der Waals surface area (Å²) in [5.74, 6) is 2.94. The van der Waals surface area contributed by atoms with Crippen LogP contribution in [0.1, 0.15) is 43.2 Å². The molecule has 16 nitrogen and oxygen atoms in total. The molecule has 148 heavy (non-hydrogen) atoms. The summed E-state index contributed by atoms with van der Waals surface area (Å²) in [6.07, 6.45) is 11.8. The zero-order chi connectivity index (χ0) is 97.5. The second-order valence-corrected chi connectivity index (χ2v) is 37.5. The maximum Gasteiger partial charge on any atom is 0.507 e. The number of hydrogen-bond acceptors (Lipinski definition) is 16. The SMILES string of the molecule is C.C.C.Cc1sc2c(NC[C@@H](N)Cc3ccccc3)nc(-c3ccncc3)nc2c1-c1ccn[nH]1.Cc1sc2c(NC[C@@H](N)Cc3ccccc3)nc(-c3ccncc3)nc2c1Br.OB(O)c1ccn[nH]1.P.P.P.[Pd].[c-]1ccccc1.c1ccc(-c2ccccc2)cc1.c1ccc(-c2ccccc2)cc1.c1ccc(-c2ccccc2)cc1.c1ccc(-c2ccccc2)cc1.c1ccc(P(c2ccccc2)c2ccccc2)cc1. The maximum atomic E-state index is 8.40. The first kappa shape index (κ1) is 121. The van der Waals surface area contributed by atoms with Crippen molar-refractivity contribution in [3.63, 3.8) is 0 Å². The smallest absolute Gasteiger partial charge is 0.422 e. The predicted molar refractivity (Wildman–Crippen MR) is 649 cm³/mol. The summed E-state index contributed by atoms with van der Waals surface area (Å²) in [5.41, 5.74) is 31.4. The molecule has 14 aromatic carbocycles. The van der Waals surface area contributed by atoms with Gasteiger partial charge in [-0.2, -0.15) is 76.3 Å². The van der Waals surface area contributed by atoms with Crippen molar-refractivity contribution in [2.24, 2.45) is 11.5 Å². The quantitative estimate of drug-likeness (QED) is 0.0189. The number of thiophene rings is 2. The number of pyridine rings is 2. The molecular weight excluding hydrogens is 2090 g/mol. The predicted octanol–water partition coefficient (Wildman–Crippen LogP) is 27.8. The number of nitrogens with zero attached hydrogens (tertiary/aromatic N) is 8. The van der Waals surface area contributed by atoms with E-state index in [0.29, 0.717) is 30.3 Å². The molecule has 0 aliphatic carbocycles. The number of anilines is 2. The molecule has 8 aromatic heterocycles. The molecule has 0 fully saturated rings. The van der Waals surface area contributed by atoms with E-state index in [9.17, 15) is 0 Å². The van der Waals surface area contributed by atoms with Crippen LogP contribution in [0.2, 0.25) is 0 Å². The Bertz CT molecular complexity index is 6670. The van der Waals surface area contributed by atoms with Crippen LogP contribution in [-0.2, 0) is 33.3 Å². The van der Waals surface area contributed by atoms with Gasteiger partial charge in [-0.1, -0.05) is 417 Å². The first-order chi connectivity index (χ1) is 69.4. The molecule has 10 N–H and O–H groups in total. The molecule has 22 rings (SSSR count).